The first-order chi connectivity index (χ1) is 13.9. The molecule has 2 aromatic carbocycles. The summed E-state index contributed by atoms with van der Waals surface area (Å²) in [5.74, 6) is -0.0605. The second-order valence-corrected chi connectivity index (χ2v) is 8.26. The first kappa shape index (κ1) is 21.0. The van der Waals surface area contributed by atoms with Gasteiger partial charge in [0.05, 0.1) is 5.75 Å². The van der Waals surface area contributed by atoms with Gasteiger partial charge in [-0.1, -0.05) is 40.8 Å². The number of carbonyl (C=O) groups excluding carboxylic acids is 1. The summed E-state index contributed by atoms with van der Waals surface area (Å²) in [5.41, 5.74) is 3.74. The molecule has 2 N–H and O–H groups in total. The lowest BCUT2D eigenvalue weighted by atomic mass is 10.1. The minimum atomic E-state index is -2.88. The molecule has 0 aliphatic carbocycles. The number of aryl methyl sites for hydroxylation is 2. The van der Waals surface area contributed by atoms with Gasteiger partial charge in [-0.25, -0.2) is 0 Å². The van der Waals surface area contributed by atoms with Crippen LogP contribution in [0.2, 0.25) is 0 Å². The SMILES string of the molecule is Cc1ccc(Nc2nnc(SCC(=O)Nc3ccc(OC(F)F)cc3)s2)c(C)c1. The zero-order valence-corrected chi connectivity index (χ0v) is 17.2. The minimum absolute atomic E-state index is 0.0325. The highest BCUT2D eigenvalue weighted by atomic mass is 32.2. The summed E-state index contributed by atoms with van der Waals surface area (Å²) in [6.07, 6.45) is 0. The number of hydrogen-bond donors (Lipinski definition) is 2. The van der Waals surface area contributed by atoms with E-state index in [0.29, 0.717) is 15.2 Å². The number of hydrogen-bond acceptors (Lipinski definition) is 7. The Morgan fingerprint density at radius 3 is 2.62 bits per heavy atom. The standard InChI is InChI=1S/C19H18F2N4O2S2/c1-11-3-8-15(12(2)9-11)23-18-24-25-19(29-18)28-10-16(26)22-13-4-6-14(7-5-13)27-17(20)21/h3-9,17H,10H2,1-2H3,(H,22,26)(H,23,24). The second-order valence-electron chi connectivity index (χ2n) is 6.06. The lowest BCUT2D eigenvalue weighted by molar-refractivity contribution is -0.113. The zero-order valence-electron chi connectivity index (χ0n) is 15.6. The average molecular weight is 437 g/mol. The number of rotatable bonds is 8. The fourth-order valence-corrected chi connectivity index (χ4v) is 4.00. The highest BCUT2D eigenvalue weighted by Gasteiger charge is 2.10. The second kappa shape index (κ2) is 9.66. The fraction of sp³-hybridized carbons (Fsp3) is 0.211. The third-order valence-corrected chi connectivity index (χ3v) is 5.69. The molecule has 0 radical (unpaired) electrons. The normalized spacial score (nSPS) is 10.8. The third-order valence-electron chi connectivity index (χ3n) is 3.72. The number of aromatic nitrogens is 2. The number of carbonyl (C=O) groups is 1. The van der Waals surface area contributed by atoms with Crippen LogP contribution in [0, 0.1) is 13.8 Å². The molecule has 1 amide bonds. The highest BCUT2D eigenvalue weighted by Crippen LogP contribution is 2.29. The molecule has 0 saturated carbocycles. The van der Waals surface area contributed by atoms with Crippen LogP contribution in [0.1, 0.15) is 11.1 Å². The topological polar surface area (TPSA) is 76.1 Å². The van der Waals surface area contributed by atoms with Crippen molar-refractivity contribution >= 4 is 45.5 Å². The molecule has 0 spiro atoms. The lowest BCUT2D eigenvalue weighted by Gasteiger charge is -2.07. The highest BCUT2D eigenvalue weighted by molar-refractivity contribution is 8.01. The van der Waals surface area contributed by atoms with Crippen LogP contribution in [-0.2, 0) is 4.79 Å². The Hall–Kier alpha value is -2.72. The Morgan fingerprint density at radius 2 is 1.93 bits per heavy atom. The molecule has 29 heavy (non-hydrogen) atoms. The molecule has 6 nitrogen and oxygen atoms in total. The molecule has 1 aromatic heterocycles. The first-order valence-corrected chi connectivity index (χ1v) is 10.3. The van der Waals surface area contributed by atoms with Gasteiger partial charge < -0.3 is 15.4 Å². The molecule has 10 heteroatoms. The average Bonchev–Trinajstić information content (AvgIpc) is 3.11. The van der Waals surface area contributed by atoms with E-state index in [1.54, 1.807) is 0 Å². The maximum Gasteiger partial charge on any atom is 0.387 e. The summed E-state index contributed by atoms with van der Waals surface area (Å²) in [6.45, 7) is 1.17. The molecular weight excluding hydrogens is 418 g/mol. The number of anilines is 3. The quantitative estimate of drug-likeness (QED) is 0.471. The largest absolute Gasteiger partial charge is 0.435 e. The molecule has 1 heterocycles. The molecule has 0 aliphatic heterocycles. The van der Waals surface area contributed by atoms with Crippen molar-refractivity contribution in [3.8, 4) is 5.75 Å². The number of nitrogens with zero attached hydrogens (tertiary/aromatic N) is 2. The van der Waals surface area contributed by atoms with Gasteiger partial charge in [0.2, 0.25) is 11.0 Å². The van der Waals surface area contributed by atoms with Crippen LogP contribution in [0.4, 0.5) is 25.3 Å². The fourth-order valence-electron chi connectivity index (χ4n) is 2.43. The van der Waals surface area contributed by atoms with Crippen molar-refractivity contribution in [2.75, 3.05) is 16.4 Å². The zero-order chi connectivity index (χ0) is 20.8. The molecule has 0 fully saturated rings. The molecule has 0 unspecified atom stereocenters. The van der Waals surface area contributed by atoms with E-state index in [0.717, 1.165) is 11.3 Å². The van der Waals surface area contributed by atoms with E-state index in [9.17, 15) is 13.6 Å². The van der Waals surface area contributed by atoms with Gasteiger partial charge in [-0.3, -0.25) is 4.79 Å². The van der Waals surface area contributed by atoms with E-state index >= 15 is 0 Å². The van der Waals surface area contributed by atoms with E-state index < -0.39 is 6.61 Å². The summed E-state index contributed by atoms with van der Waals surface area (Å²) in [5, 5.41) is 14.7. The maximum absolute atomic E-state index is 12.1. The maximum atomic E-state index is 12.1. The predicted molar refractivity (Wildman–Crippen MR) is 112 cm³/mol. The van der Waals surface area contributed by atoms with Crippen molar-refractivity contribution in [3.05, 3.63) is 53.6 Å². The van der Waals surface area contributed by atoms with Crippen LogP contribution in [0.3, 0.4) is 0 Å². The van der Waals surface area contributed by atoms with Gasteiger partial charge in [-0.15, -0.1) is 10.2 Å². The lowest BCUT2D eigenvalue weighted by Crippen LogP contribution is -2.13. The van der Waals surface area contributed by atoms with Crippen LogP contribution in [0.5, 0.6) is 5.75 Å². The van der Waals surface area contributed by atoms with Crippen molar-refractivity contribution in [2.45, 2.75) is 24.8 Å². The van der Waals surface area contributed by atoms with Gasteiger partial charge in [0.15, 0.2) is 4.34 Å². The van der Waals surface area contributed by atoms with Crippen molar-refractivity contribution in [3.63, 3.8) is 0 Å². The number of halogens is 2. The molecule has 0 saturated heterocycles. The summed E-state index contributed by atoms with van der Waals surface area (Å²) >= 11 is 2.62. The number of thioether (sulfide) groups is 1. The van der Waals surface area contributed by atoms with E-state index in [1.807, 2.05) is 26.0 Å². The number of alkyl halides is 2. The predicted octanol–water partition coefficient (Wildman–Crippen LogP) is 5.23. The van der Waals surface area contributed by atoms with Crippen molar-refractivity contribution in [2.24, 2.45) is 0 Å². The number of ether oxygens (including phenoxy) is 1. The van der Waals surface area contributed by atoms with E-state index in [1.165, 1.54) is 52.9 Å². The van der Waals surface area contributed by atoms with Gasteiger partial charge in [-0.2, -0.15) is 8.78 Å². The number of nitrogens with one attached hydrogen (secondary N) is 2. The number of benzene rings is 2. The monoisotopic (exact) mass is 436 g/mol. The van der Waals surface area contributed by atoms with Gasteiger partial charge >= 0.3 is 6.61 Å². The Bertz CT molecular complexity index is 981. The molecule has 0 bridgehead atoms. The van der Waals surface area contributed by atoms with Gasteiger partial charge in [0.1, 0.15) is 5.75 Å². The molecule has 3 rings (SSSR count). The van der Waals surface area contributed by atoms with Gasteiger partial charge in [0.25, 0.3) is 0 Å². The number of amides is 1. The van der Waals surface area contributed by atoms with Crippen LogP contribution in [0.15, 0.2) is 46.8 Å². The Balaban J connectivity index is 1.49. The van der Waals surface area contributed by atoms with Crippen molar-refractivity contribution < 1.29 is 18.3 Å². The first-order valence-electron chi connectivity index (χ1n) is 8.54. The van der Waals surface area contributed by atoms with E-state index in [4.69, 9.17) is 0 Å². The van der Waals surface area contributed by atoms with Crippen LogP contribution >= 0.6 is 23.1 Å². The molecule has 0 aliphatic rings. The summed E-state index contributed by atoms with van der Waals surface area (Å²) in [7, 11) is 0. The van der Waals surface area contributed by atoms with Crippen molar-refractivity contribution in [1.82, 2.24) is 10.2 Å². The summed E-state index contributed by atoms with van der Waals surface area (Å²) in [6, 6.07) is 11.8. The molecule has 152 valence electrons. The Morgan fingerprint density at radius 1 is 1.17 bits per heavy atom. The van der Waals surface area contributed by atoms with Crippen molar-refractivity contribution in [1.29, 1.82) is 0 Å². The van der Waals surface area contributed by atoms with Gasteiger partial charge in [-0.05, 0) is 49.7 Å². The molecule has 3 aromatic rings. The summed E-state index contributed by atoms with van der Waals surface area (Å²) < 4.78 is 29.2. The van der Waals surface area contributed by atoms with Crippen LogP contribution in [0.25, 0.3) is 0 Å². The summed E-state index contributed by atoms with van der Waals surface area (Å²) in [4.78, 5) is 12.1. The smallest absolute Gasteiger partial charge is 0.387 e. The minimum Gasteiger partial charge on any atom is -0.435 e. The van der Waals surface area contributed by atoms with E-state index in [2.05, 4.69) is 31.6 Å². The molecular formula is C19H18F2N4O2S2. The van der Waals surface area contributed by atoms with Gasteiger partial charge in [0, 0.05) is 11.4 Å². The Labute approximate surface area is 174 Å². The van der Waals surface area contributed by atoms with E-state index in [-0.39, 0.29) is 17.4 Å². The Kier molecular flexibility index (Phi) is 6.99. The van der Waals surface area contributed by atoms with Crippen LogP contribution < -0.4 is 15.4 Å². The third kappa shape index (κ3) is 6.40. The van der Waals surface area contributed by atoms with Crippen LogP contribution in [-0.4, -0.2) is 28.5 Å². The molecule has 0 atom stereocenters.